The second kappa shape index (κ2) is 4.53. The Morgan fingerprint density at radius 1 is 1.12 bits per heavy atom. The molecule has 17 heavy (non-hydrogen) atoms. The molecule has 0 aliphatic carbocycles. The van der Waals surface area contributed by atoms with Crippen molar-refractivity contribution in [2.24, 2.45) is 0 Å². The molecule has 87 valence electrons. The van der Waals surface area contributed by atoms with Gasteiger partial charge in [-0.05, 0) is 48.4 Å². The number of methoxy groups -OCH3 is 1. The number of hydrogen-bond acceptors (Lipinski definition) is 1. The van der Waals surface area contributed by atoms with Gasteiger partial charge in [-0.25, -0.2) is 8.78 Å². The van der Waals surface area contributed by atoms with Crippen LogP contribution in [0.4, 0.5) is 8.78 Å². The van der Waals surface area contributed by atoms with Crippen LogP contribution in [0.1, 0.15) is 5.56 Å². The van der Waals surface area contributed by atoms with Crippen molar-refractivity contribution >= 4 is 0 Å². The second-order valence-electron chi connectivity index (χ2n) is 3.72. The molecule has 2 aromatic rings. The van der Waals surface area contributed by atoms with Crippen LogP contribution in [0.25, 0.3) is 11.1 Å². The number of benzene rings is 2. The van der Waals surface area contributed by atoms with Crippen LogP contribution in [0, 0.1) is 24.6 Å². The first-order valence-electron chi connectivity index (χ1n) is 5.13. The Balaban J connectivity index is 2.62. The molecule has 2 rings (SSSR count). The highest BCUT2D eigenvalue weighted by atomic mass is 19.1. The van der Waals surface area contributed by atoms with Crippen LogP contribution < -0.4 is 4.74 Å². The molecule has 0 bridgehead atoms. The molecule has 0 unspecified atom stereocenters. The maximum atomic E-state index is 13.7. The largest absolute Gasteiger partial charge is 0.497 e. The zero-order valence-electron chi connectivity index (χ0n) is 9.55. The van der Waals surface area contributed by atoms with Crippen LogP contribution in [-0.4, -0.2) is 7.11 Å². The van der Waals surface area contributed by atoms with E-state index in [0.717, 1.165) is 5.56 Å². The molecule has 0 aliphatic rings. The standard InChI is InChI=1S/C14H11F2O/c1-9-3-4-10(15)7-12(9)13-8-11(17-2)5-6-14(13)16/h3,5-8H,1-2H3. The first kappa shape index (κ1) is 11.6. The topological polar surface area (TPSA) is 9.23 Å². The van der Waals surface area contributed by atoms with Gasteiger partial charge in [0.15, 0.2) is 0 Å². The van der Waals surface area contributed by atoms with Gasteiger partial charge in [0.05, 0.1) is 7.11 Å². The predicted octanol–water partition coefficient (Wildman–Crippen LogP) is 3.75. The van der Waals surface area contributed by atoms with Crippen molar-refractivity contribution in [3.05, 3.63) is 53.6 Å². The fourth-order valence-electron chi connectivity index (χ4n) is 1.67. The monoisotopic (exact) mass is 233 g/mol. The quantitative estimate of drug-likeness (QED) is 0.767. The highest BCUT2D eigenvalue weighted by Gasteiger charge is 2.10. The summed E-state index contributed by atoms with van der Waals surface area (Å²) in [6, 6.07) is 9.60. The van der Waals surface area contributed by atoms with Crippen molar-refractivity contribution in [1.29, 1.82) is 0 Å². The molecule has 0 spiro atoms. The van der Waals surface area contributed by atoms with Gasteiger partial charge in [0.2, 0.25) is 0 Å². The molecule has 0 N–H and O–H groups in total. The molecule has 2 aromatic carbocycles. The molecule has 0 heterocycles. The lowest BCUT2D eigenvalue weighted by Crippen LogP contribution is -1.91. The van der Waals surface area contributed by atoms with Gasteiger partial charge in [0, 0.05) is 11.6 Å². The normalized spacial score (nSPS) is 10.4. The van der Waals surface area contributed by atoms with Crippen molar-refractivity contribution in [2.45, 2.75) is 6.92 Å². The minimum atomic E-state index is -0.507. The van der Waals surface area contributed by atoms with Crippen LogP contribution in [0.3, 0.4) is 0 Å². The fourth-order valence-corrected chi connectivity index (χ4v) is 1.67. The van der Waals surface area contributed by atoms with Gasteiger partial charge in [0.25, 0.3) is 0 Å². The summed E-state index contributed by atoms with van der Waals surface area (Å²) in [6.45, 7) is 1.78. The molecule has 0 amide bonds. The summed E-state index contributed by atoms with van der Waals surface area (Å²) in [5.41, 5.74) is 1.60. The first-order valence-corrected chi connectivity index (χ1v) is 5.13. The summed E-state index contributed by atoms with van der Waals surface area (Å²) >= 11 is 0. The molecule has 0 aliphatic heterocycles. The molecule has 0 saturated heterocycles. The van der Waals surface area contributed by atoms with Crippen molar-refractivity contribution < 1.29 is 13.5 Å². The summed E-state index contributed by atoms with van der Waals surface area (Å²) in [5.74, 6) is -0.374. The first-order chi connectivity index (χ1) is 8.11. The van der Waals surface area contributed by atoms with Crippen LogP contribution in [0.15, 0.2) is 30.3 Å². The Kier molecular flexibility index (Phi) is 3.09. The van der Waals surface area contributed by atoms with Gasteiger partial charge in [-0.15, -0.1) is 0 Å². The third kappa shape index (κ3) is 2.28. The molecule has 0 aromatic heterocycles. The van der Waals surface area contributed by atoms with Crippen LogP contribution in [0.5, 0.6) is 5.75 Å². The summed E-state index contributed by atoms with van der Waals surface area (Å²) < 4.78 is 31.9. The summed E-state index contributed by atoms with van der Waals surface area (Å²) in [7, 11) is 1.50. The van der Waals surface area contributed by atoms with Gasteiger partial charge in [-0.2, -0.15) is 0 Å². The van der Waals surface area contributed by atoms with E-state index in [1.54, 1.807) is 13.0 Å². The third-order valence-corrected chi connectivity index (χ3v) is 2.59. The smallest absolute Gasteiger partial charge is 0.131 e. The highest BCUT2D eigenvalue weighted by Crippen LogP contribution is 2.29. The zero-order valence-corrected chi connectivity index (χ0v) is 9.55. The minimum absolute atomic E-state index is 0.328. The minimum Gasteiger partial charge on any atom is -0.497 e. The Morgan fingerprint density at radius 2 is 1.88 bits per heavy atom. The average molecular weight is 233 g/mol. The van der Waals surface area contributed by atoms with E-state index in [9.17, 15) is 8.78 Å². The van der Waals surface area contributed by atoms with Gasteiger partial charge in [0.1, 0.15) is 17.4 Å². The molecule has 1 radical (unpaired) electrons. The maximum absolute atomic E-state index is 13.7. The second-order valence-corrected chi connectivity index (χ2v) is 3.72. The number of halogens is 2. The zero-order chi connectivity index (χ0) is 12.4. The van der Waals surface area contributed by atoms with Gasteiger partial charge in [-0.1, -0.05) is 0 Å². The Morgan fingerprint density at radius 3 is 2.59 bits per heavy atom. The van der Waals surface area contributed by atoms with E-state index in [4.69, 9.17) is 4.74 Å². The highest BCUT2D eigenvalue weighted by molar-refractivity contribution is 5.69. The molecule has 1 nitrogen and oxygen atoms in total. The fraction of sp³-hybridized carbons (Fsp3) is 0.143. The van der Waals surface area contributed by atoms with E-state index in [1.807, 2.05) is 0 Å². The lowest BCUT2D eigenvalue weighted by atomic mass is 10.00. The number of hydrogen-bond donors (Lipinski definition) is 0. The molecule has 0 atom stereocenters. The number of ether oxygens (including phenoxy) is 1. The average Bonchev–Trinajstić information content (AvgIpc) is 2.33. The van der Waals surface area contributed by atoms with Gasteiger partial charge >= 0.3 is 0 Å². The molecule has 0 fully saturated rings. The van der Waals surface area contributed by atoms with E-state index < -0.39 is 11.6 Å². The van der Waals surface area contributed by atoms with E-state index in [2.05, 4.69) is 6.07 Å². The number of aryl methyl sites for hydroxylation is 1. The van der Waals surface area contributed by atoms with E-state index in [1.165, 1.54) is 31.4 Å². The van der Waals surface area contributed by atoms with Crippen molar-refractivity contribution in [1.82, 2.24) is 0 Å². The van der Waals surface area contributed by atoms with E-state index in [-0.39, 0.29) is 0 Å². The summed E-state index contributed by atoms with van der Waals surface area (Å²) in [5, 5.41) is 0. The summed E-state index contributed by atoms with van der Waals surface area (Å²) in [4.78, 5) is 0. The van der Waals surface area contributed by atoms with Gasteiger partial charge < -0.3 is 4.74 Å². The van der Waals surface area contributed by atoms with Crippen LogP contribution in [-0.2, 0) is 0 Å². The molecule has 3 heteroatoms. The summed E-state index contributed by atoms with van der Waals surface area (Å²) in [6.07, 6.45) is 0. The number of rotatable bonds is 2. The predicted molar refractivity (Wildman–Crippen MR) is 61.9 cm³/mol. The Labute approximate surface area is 98.7 Å². The Bertz CT molecular complexity index is 550. The molecule has 0 saturated carbocycles. The lowest BCUT2D eigenvalue weighted by molar-refractivity contribution is 0.414. The maximum Gasteiger partial charge on any atom is 0.131 e. The molecular formula is C14H11F2O. The lowest BCUT2D eigenvalue weighted by Gasteiger charge is -2.09. The van der Waals surface area contributed by atoms with Crippen molar-refractivity contribution in [3.63, 3.8) is 0 Å². The van der Waals surface area contributed by atoms with Crippen LogP contribution in [0.2, 0.25) is 0 Å². The van der Waals surface area contributed by atoms with E-state index in [0.29, 0.717) is 16.9 Å². The van der Waals surface area contributed by atoms with Crippen molar-refractivity contribution in [2.75, 3.05) is 7.11 Å². The van der Waals surface area contributed by atoms with Gasteiger partial charge in [-0.3, -0.25) is 0 Å². The molecular weight excluding hydrogens is 222 g/mol. The third-order valence-electron chi connectivity index (χ3n) is 2.59. The van der Waals surface area contributed by atoms with Crippen molar-refractivity contribution in [3.8, 4) is 16.9 Å². The van der Waals surface area contributed by atoms with E-state index >= 15 is 0 Å². The van der Waals surface area contributed by atoms with Crippen LogP contribution >= 0.6 is 0 Å². The Hall–Kier alpha value is -1.90. The SMILES string of the molecule is COc1ccc(F)c(-c2cc(F)[c]cc2C)c1.